The van der Waals surface area contributed by atoms with Gasteiger partial charge in [-0.05, 0) is 44.0 Å². The molecular weight excluding hydrogens is 392 g/mol. The van der Waals surface area contributed by atoms with Crippen LogP contribution < -0.4 is 5.32 Å². The Morgan fingerprint density at radius 3 is 2.79 bits per heavy atom. The van der Waals surface area contributed by atoms with E-state index in [9.17, 15) is 0 Å². The van der Waals surface area contributed by atoms with Crippen LogP contribution in [0.1, 0.15) is 34.8 Å². The average Bonchev–Trinajstić information content (AvgIpc) is 2.96. The average molecular weight is 417 g/mol. The maximum atomic E-state index is 6.18. The van der Waals surface area contributed by atoms with Crippen LogP contribution in [0.5, 0.6) is 0 Å². The molecule has 1 unspecified atom stereocenters. The predicted molar refractivity (Wildman–Crippen MR) is 116 cm³/mol. The van der Waals surface area contributed by atoms with Gasteiger partial charge < -0.3 is 10.1 Å². The Kier molecular flexibility index (Phi) is 5.83. The number of aryl methyl sites for hydroxylation is 2. The second-order valence-electron chi connectivity index (χ2n) is 7.26. The van der Waals surface area contributed by atoms with Gasteiger partial charge in [-0.25, -0.2) is 9.97 Å². The lowest BCUT2D eigenvalue weighted by Crippen LogP contribution is -2.36. The summed E-state index contributed by atoms with van der Waals surface area (Å²) in [4.78, 5) is 14.5. The fourth-order valence-corrected chi connectivity index (χ4v) is 4.74. The minimum absolute atomic E-state index is 0.0904. The molecule has 1 fully saturated rings. The Bertz CT molecular complexity index is 984. The number of hydrogen-bond acceptors (Lipinski definition) is 6. The molecule has 1 aliphatic heterocycles. The summed E-state index contributed by atoms with van der Waals surface area (Å²) < 4.78 is 5.46. The molecular formula is C21H25ClN4OS. The van der Waals surface area contributed by atoms with Crippen molar-refractivity contribution in [3.05, 3.63) is 51.1 Å². The summed E-state index contributed by atoms with van der Waals surface area (Å²) in [5.74, 6) is 1.76. The summed E-state index contributed by atoms with van der Waals surface area (Å²) in [6, 6.07) is 8.05. The van der Waals surface area contributed by atoms with Crippen LogP contribution in [0.25, 0.3) is 10.2 Å². The van der Waals surface area contributed by atoms with Crippen molar-refractivity contribution in [1.29, 1.82) is 0 Å². The number of halogens is 1. The highest BCUT2D eigenvalue weighted by molar-refractivity contribution is 7.18. The molecule has 1 atom stereocenters. The lowest BCUT2D eigenvalue weighted by molar-refractivity contribution is 0.0331. The van der Waals surface area contributed by atoms with Gasteiger partial charge in [-0.3, -0.25) is 4.90 Å². The summed E-state index contributed by atoms with van der Waals surface area (Å²) in [5, 5.41) is 5.49. The Morgan fingerprint density at radius 2 is 2.04 bits per heavy atom. The monoisotopic (exact) mass is 416 g/mol. The molecule has 0 bridgehead atoms. The van der Waals surface area contributed by atoms with Gasteiger partial charge in [0.1, 0.15) is 16.5 Å². The number of aromatic nitrogens is 2. The molecule has 2 aromatic heterocycles. The minimum Gasteiger partial charge on any atom is -0.379 e. The maximum absolute atomic E-state index is 6.18. The SMILES string of the molecule is Cc1sc2nc(CN3CCOCC3)nc(NC(C)c3cccc(Cl)c3)c2c1C. The highest BCUT2D eigenvalue weighted by Crippen LogP contribution is 2.35. The fourth-order valence-electron chi connectivity index (χ4n) is 3.49. The summed E-state index contributed by atoms with van der Waals surface area (Å²) in [7, 11) is 0. The zero-order chi connectivity index (χ0) is 19.7. The molecule has 7 heteroatoms. The standard InChI is InChI=1S/C21H25ClN4OS/c1-13-15(3)28-21-19(13)20(23-14(2)16-5-4-6-17(22)11-16)24-18(25-21)12-26-7-9-27-10-8-26/h4-6,11,14H,7-10,12H2,1-3H3,(H,23,24,25). The molecule has 1 N–H and O–H groups in total. The van der Waals surface area contributed by atoms with Crippen molar-refractivity contribution in [2.75, 3.05) is 31.6 Å². The third-order valence-electron chi connectivity index (χ3n) is 5.25. The quantitative estimate of drug-likeness (QED) is 0.636. The fraction of sp³-hybridized carbons (Fsp3) is 0.429. The number of anilines is 1. The zero-order valence-corrected chi connectivity index (χ0v) is 18.0. The first-order chi connectivity index (χ1) is 13.5. The van der Waals surface area contributed by atoms with Crippen molar-refractivity contribution in [2.24, 2.45) is 0 Å². The van der Waals surface area contributed by atoms with Crippen LogP contribution >= 0.6 is 22.9 Å². The topological polar surface area (TPSA) is 50.3 Å². The van der Waals surface area contributed by atoms with Gasteiger partial charge in [-0.15, -0.1) is 11.3 Å². The summed E-state index contributed by atoms with van der Waals surface area (Å²) in [6.45, 7) is 10.6. The van der Waals surface area contributed by atoms with Crippen LogP contribution in [0.15, 0.2) is 24.3 Å². The van der Waals surface area contributed by atoms with Crippen molar-refractivity contribution >= 4 is 39.0 Å². The van der Waals surface area contributed by atoms with Crippen LogP contribution in [-0.2, 0) is 11.3 Å². The number of morpholine rings is 1. The van der Waals surface area contributed by atoms with Crippen molar-refractivity contribution < 1.29 is 4.74 Å². The molecule has 0 radical (unpaired) electrons. The van der Waals surface area contributed by atoms with Crippen molar-refractivity contribution in [3.8, 4) is 0 Å². The number of fused-ring (bicyclic) bond motifs is 1. The van der Waals surface area contributed by atoms with E-state index >= 15 is 0 Å². The highest BCUT2D eigenvalue weighted by Gasteiger charge is 2.19. The van der Waals surface area contributed by atoms with Gasteiger partial charge in [0.2, 0.25) is 0 Å². The number of nitrogens with one attached hydrogen (secondary N) is 1. The van der Waals surface area contributed by atoms with Crippen LogP contribution in [0.4, 0.5) is 5.82 Å². The molecule has 0 spiro atoms. The van der Waals surface area contributed by atoms with E-state index in [1.165, 1.54) is 10.4 Å². The second-order valence-corrected chi connectivity index (χ2v) is 8.90. The maximum Gasteiger partial charge on any atom is 0.146 e. The van der Waals surface area contributed by atoms with Gasteiger partial charge in [-0.1, -0.05) is 23.7 Å². The number of hydrogen-bond donors (Lipinski definition) is 1. The Morgan fingerprint density at radius 1 is 1.25 bits per heavy atom. The molecule has 0 saturated carbocycles. The third kappa shape index (κ3) is 4.15. The van der Waals surface area contributed by atoms with Gasteiger partial charge in [0, 0.05) is 23.0 Å². The third-order valence-corrected chi connectivity index (χ3v) is 6.58. The molecule has 5 nitrogen and oxygen atoms in total. The van der Waals surface area contributed by atoms with Crippen LogP contribution in [-0.4, -0.2) is 41.2 Å². The summed E-state index contributed by atoms with van der Waals surface area (Å²) in [5.41, 5.74) is 2.39. The lowest BCUT2D eigenvalue weighted by Gasteiger charge is -2.26. The molecule has 148 valence electrons. The minimum atomic E-state index is 0.0904. The largest absolute Gasteiger partial charge is 0.379 e. The smallest absolute Gasteiger partial charge is 0.146 e. The van der Waals surface area contributed by atoms with E-state index in [-0.39, 0.29) is 6.04 Å². The number of rotatable bonds is 5. The molecule has 0 aliphatic carbocycles. The first-order valence-electron chi connectivity index (χ1n) is 9.60. The van der Waals surface area contributed by atoms with E-state index in [2.05, 4.69) is 37.1 Å². The second kappa shape index (κ2) is 8.33. The number of benzene rings is 1. The molecule has 28 heavy (non-hydrogen) atoms. The highest BCUT2D eigenvalue weighted by atomic mass is 35.5. The molecule has 0 amide bonds. The van der Waals surface area contributed by atoms with Gasteiger partial charge in [0.15, 0.2) is 0 Å². The summed E-state index contributed by atoms with van der Waals surface area (Å²) >= 11 is 7.92. The normalized spacial score (nSPS) is 16.4. The number of ether oxygens (including phenoxy) is 1. The van der Waals surface area contributed by atoms with Crippen molar-refractivity contribution in [1.82, 2.24) is 14.9 Å². The van der Waals surface area contributed by atoms with E-state index in [0.717, 1.165) is 65.3 Å². The van der Waals surface area contributed by atoms with Gasteiger partial charge in [-0.2, -0.15) is 0 Å². The molecule has 3 heterocycles. The zero-order valence-electron chi connectivity index (χ0n) is 16.5. The predicted octanol–water partition coefficient (Wildman–Crippen LogP) is 4.97. The number of thiophene rings is 1. The Balaban J connectivity index is 1.68. The lowest BCUT2D eigenvalue weighted by atomic mass is 10.1. The van der Waals surface area contributed by atoms with Crippen molar-refractivity contribution in [3.63, 3.8) is 0 Å². The van der Waals surface area contributed by atoms with Crippen LogP contribution in [0.2, 0.25) is 5.02 Å². The molecule has 1 aliphatic rings. The van der Waals surface area contributed by atoms with Crippen LogP contribution in [0.3, 0.4) is 0 Å². The molecule has 4 rings (SSSR count). The molecule has 1 saturated heterocycles. The van der Waals surface area contributed by atoms with Gasteiger partial charge >= 0.3 is 0 Å². The molecule has 3 aromatic rings. The van der Waals surface area contributed by atoms with Crippen molar-refractivity contribution in [2.45, 2.75) is 33.4 Å². The van der Waals surface area contributed by atoms with Gasteiger partial charge in [0.05, 0.1) is 31.2 Å². The Hall–Kier alpha value is -1.73. The first-order valence-corrected chi connectivity index (χ1v) is 10.8. The van der Waals surface area contributed by atoms with E-state index in [1.807, 2.05) is 18.2 Å². The van der Waals surface area contributed by atoms with Gasteiger partial charge in [0.25, 0.3) is 0 Å². The Labute approximate surface area is 174 Å². The van der Waals surface area contributed by atoms with E-state index in [4.69, 9.17) is 26.3 Å². The number of nitrogens with zero attached hydrogens (tertiary/aromatic N) is 3. The molecule has 1 aromatic carbocycles. The summed E-state index contributed by atoms with van der Waals surface area (Å²) in [6.07, 6.45) is 0. The van der Waals surface area contributed by atoms with E-state index < -0.39 is 0 Å². The van der Waals surface area contributed by atoms with E-state index in [0.29, 0.717) is 0 Å². The van der Waals surface area contributed by atoms with Crippen LogP contribution in [0, 0.1) is 13.8 Å². The van der Waals surface area contributed by atoms with E-state index in [1.54, 1.807) is 11.3 Å². The first kappa shape index (κ1) is 19.6.